The lowest BCUT2D eigenvalue weighted by Crippen LogP contribution is -2.35. The number of sulfonamides is 1. The van der Waals surface area contributed by atoms with E-state index >= 15 is 0 Å². The van der Waals surface area contributed by atoms with Crippen LogP contribution < -0.4 is 15.4 Å². The molecule has 174 valence electrons. The van der Waals surface area contributed by atoms with Gasteiger partial charge in [0.2, 0.25) is 15.9 Å². The molecule has 1 amide bonds. The predicted molar refractivity (Wildman–Crippen MR) is 132 cm³/mol. The van der Waals surface area contributed by atoms with Crippen molar-refractivity contribution >= 4 is 45.5 Å². The molecule has 0 saturated heterocycles. The van der Waals surface area contributed by atoms with Crippen molar-refractivity contribution in [3.8, 4) is 0 Å². The lowest BCUT2D eigenvalue weighted by atomic mass is 10.00. The van der Waals surface area contributed by atoms with Crippen molar-refractivity contribution in [1.29, 1.82) is 5.41 Å². The summed E-state index contributed by atoms with van der Waals surface area (Å²) in [6.07, 6.45) is 4.10. The lowest BCUT2D eigenvalue weighted by Gasteiger charge is -2.30. The molecule has 0 unspecified atom stereocenters. The van der Waals surface area contributed by atoms with Crippen molar-refractivity contribution < 1.29 is 13.2 Å². The van der Waals surface area contributed by atoms with Crippen LogP contribution in [0.3, 0.4) is 0 Å². The van der Waals surface area contributed by atoms with E-state index < -0.39 is 10.0 Å². The molecular formula is C23H31ClN4O3S. The van der Waals surface area contributed by atoms with Gasteiger partial charge in [0.25, 0.3) is 0 Å². The Morgan fingerprint density at radius 1 is 1.19 bits per heavy atom. The highest BCUT2D eigenvalue weighted by atomic mass is 35.5. The van der Waals surface area contributed by atoms with E-state index in [2.05, 4.69) is 4.72 Å². The first-order chi connectivity index (χ1) is 14.8. The van der Waals surface area contributed by atoms with Crippen LogP contribution in [-0.4, -0.2) is 32.5 Å². The van der Waals surface area contributed by atoms with E-state index in [0.29, 0.717) is 37.1 Å². The first-order valence-corrected chi connectivity index (χ1v) is 12.3. The fourth-order valence-electron chi connectivity index (χ4n) is 3.72. The number of nitrogens with one attached hydrogen (secondary N) is 2. The van der Waals surface area contributed by atoms with Gasteiger partial charge in [-0.1, -0.05) is 37.6 Å². The molecule has 3 rings (SSSR count). The average molecular weight is 479 g/mol. The zero-order valence-corrected chi connectivity index (χ0v) is 19.9. The maximum absolute atomic E-state index is 12.9. The van der Waals surface area contributed by atoms with Gasteiger partial charge in [0.15, 0.2) is 0 Å². The van der Waals surface area contributed by atoms with Crippen LogP contribution in [0.2, 0.25) is 0 Å². The third-order valence-electron chi connectivity index (χ3n) is 5.43. The van der Waals surface area contributed by atoms with Gasteiger partial charge in [0, 0.05) is 29.9 Å². The predicted octanol–water partition coefficient (Wildman–Crippen LogP) is 3.85. The minimum Gasteiger partial charge on any atom is -0.384 e. The topological polar surface area (TPSA) is 116 Å². The average Bonchev–Trinajstić information content (AvgIpc) is 2.75. The first-order valence-electron chi connectivity index (χ1n) is 10.7. The number of aryl methyl sites for hydroxylation is 2. The van der Waals surface area contributed by atoms with Crippen LogP contribution in [0.5, 0.6) is 0 Å². The highest BCUT2D eigenvalue weighted by molar-refractivity contribution is 7.92. The molecular weight excluding hydrogens is 448 g/mol. The fraction of sp³-hybridized carbons (Fsp3) is 0.391. The molecule has 0 fully saturated rings. The number of nitrogens with zero attached hydrogens (tertiary/aromatic N) is 1. The zero-order valence-electron chi connectivity index (χ0n) is 18.3. The summed E-state index contributed by atoms with van der Waals surface area (Å²) in [5.74, 6) is 0.186. The number of anilines is 2. The Bertz CT molecular complexity index is 1060. The van der Waals surface area contributed by atoms with Crippen LogP contribution >= 0.6 is 12.4 Å². The Morgan fingerprint density at radius 2 is 1.91 bits per heavy atom. The maximum Gasteiger partial charge on any atom is 0.232 e. The summed E-state index contributed by atoms with van der Waals surface area (Å²) >= 11 is 0. The second kappa shape index (κ2) is 11.3. The van der Waals surface area contributed by atoms with Crippen molar-refractivity contribution in [3.63, 3.8) is 0 Å². The number of hydrogen-bond donors (Lipinski definition) is 3. The molecule has 4 N–H and O–H groups in total. The minimum atomic E-state index is -3.35. The molecule has 0 bridgehead atoms. The van der Waals surface area contributed by atoms with Crippen LogP contribution in [0.1, 0.15) is 49.3 Å². The smallest absolute Gasteiger partial charge is 0.232 e. The molecule has 9 heteroatoms. The third kappa shape index (κ3) is 6.71. The number of hydrogen-bond acceptors (Lipinski definition) is 4. The molecule has 1 heterocycles. The van der Waals surface area contributed by atoms with Crippen molar-refractivity contribution in [1.82, 2.24) is 0 Å². The SMILES string of the molecule is CCCCS(=O)(=O)Nc1ccc2c(c1)CCCN2C(=O)CCc1ccc(C(=N)N)cc1.Cl. The van der Waals surface area contributed by atoms with E-state index in [9.17, 15) is 13.2 Å². The summed E-state index contributed by atoms with van der Waals surface area (Å²) in [5.41, 5.74) is 9.57. The van der Waals surface area contributed by atoms with Gasteiger partial charge in [0.05, 0.1) is 5.75 Å². The number of fused-ring (bicyclic) bond motifs is 1. The van der Waals surface area contributed by atoms with E-state index in [-0.39, 0.29) is 29.9 Å². The van der Waals surface area contributed by atoms with Crippen LogP contribution in [0, 0.1) is 5.41 Å². The van der Waals surface area contributed by atoms with Gasteiger partial charge in [0.1, 0.15) is 5.84 Å². The monoisotopic (exact) mass is 478 g/mol. The Balaban J connectivity index is 0.00000363. The first kappa shape index (κ1) is 25.7. The number of benzene rings is 2. The van der Waals surface area contributed by atoms with E-state index in [1.807, 2.05) is 31.2 Å². The van der Waals surface area contributed by atoms with Gasteiger partial charge in [-0.05, 0) is 55.0 Å². The molecule has 0 saturated carbocycles. The number of nitrogen functional groups attached to an aromatic ring is 1. The Morgan fingerprint density at radius 3 is 2.56 bits per heavy atom. The summed E-state index contributed by atoms with van der Waals surface area (Å²) in [4.78, 5) is 14.7. The fourth-order valence-corrected chi connectivity index (χ4v) is 4.98. The van der Waals surface area contributed by atoms with Gasteiger partial charge >= 0.3 is 0 Å². The second-order valence-electron chi connectivity index (χ2n) is 7.88. The third-order valence-corrected chi connectivity index (χ3v) is 6.80. The van der Waals surface area contributed by atoms with E-state index in [4.69, 9.17) is 11.1 Å². The van der Waals surface area contributed by atoms with Gasteiger partial charge in [-0.3, -0.25) is 14.9 Å². The molecule has 1 aliphatic heterocycles. The number of nitrogens with two attached hydrogens (primary N) is 1. The van der Waals surface area contributed by atoms with Gasteiger partial charge in [-0.15, -0.1) is 12.4 Å². The van der Waals surface area contributed by atoms with Gasteiger partial charge in [-0.2, -0.15) is 0 Å². The summed E-state index contributed by atoms with van der Waals surface area (Å²) in [6, 6.07) is 12.8. The molecule has 32 heavy (non-hydrogen) atoms. The molecule has 2 aromatic rings. The molecule has 0 aromatic heterocycles. The lowest BCUT2D eigenvalue weighted by molar-refractivity contribution is -0.118. The summed E-state index contributed by atoms with van der Waals surface area (Å²) in [6.45, 7) is 2.62. The molecule has 7 nitrogen and oxygen atoms in total. The summed E-state index contributed by atoms with van der Waals surface area (Å²) in [7, 11) is -3.35. The number of rotatable bonds is 9. The van der Waals surface area contributed by atoms with E-state index in [1.165, 1.54) is 0 Å². The highest BCUT2D eigenvalue weighted by Gasteiger charge is 2.23. The zero-order chi connectivity index (χ0) is 22.4. The van der Waals surface area contributed by atoms with Gasteiger partial charge < -0.3 is 10.6 Å². The summed E-state index contributed by atoms with van der Waals surface area (Å²) < 4.78 is 27.0. The minimum absolute atomic E-state index is 0. The number of unbranched alkanes of at least 4 members (excludes halogenated alkanes) is 1. The quantitative estimate of drug-likeness (QED) is 0.375. The Labute approximate surface area is 196 Å². The molecule has 0 aliphatic carbocycles. The van der Waals surface area contributed by atoms with Crippen molar-refractivity contribution in [2.45, 2.75) is 45.4 Å². The van der Waals surface area contributed by atoms with E-state index in [0.717, 1.165) is 36.1 Å². The number of carbonyl (C=O) groups is 1. The standard InChI is InChI=1S/C23H30N4O3S.ClH/c1-2-3-15-31(29,30)26-20-11-12-21-19(16-20)5-4-14-27(21)22(28)13-8-17-6-9-18(10-7-17)23(24)25;/h6-7,9-12,16,26H,2-5,8,13-15H2,1H3,(H3,24,25);1H. The van der Waals surface area contributed by atoms with Crippen LogP contribution in [0.15, 0.2) is 42.5 Å². The second-order valence-corrected chi connectivity index (χ2v) is 9.72. The number of carbonyl (C=O) groups excluding carboxylic acids is 1. The molecule has 0 spiro atoms. The maximum atomic E-state index is 12.9. The number of amides is 1. The summed E-state index contributed by atoms with van der Waals surface area (Å²) in [5, 5.41) is 7.45. The number of halogens is 1. The van der Waals surface area contributed by atoms with Crippen LogP contribution in [0.25, 0.3) is 0 Å². The largest absolute Gasteiger partial charge is 0.384 e. The molecule has 2 aromatic carbocycles. The van der Waals surface area contributed by atoms with Gasteiger partial charge in [-0.25, -0.2) is 8.42 Å². The van der Waals surface area contributed by atoms with Crippen molar-refractivity contribution in [2.75, 3.05) is 21.9 Å². The van der Waals surface area contributed by atoms with Crippen molar-refractivity contribution in [2.24, 2.45) is 5.73 Å². The molecule has 0 radical (unpaired) electrons. The molecule has 1 aliphatic rings. The van der Waals surface area contributed by atoms with Crippen LogP contribution in [0.4, 0.5) is 11.4 Å². The molecule has 0 atom stereocenters. The number of amidine groups is 1. The van der Waals surface area contributed by atoms with Crippen molar-refractivity contribution in [3.05, 3.63) is 59.2 Å². The highest BCUT2D eigenvalue weighted by Crippen LogP contribution is 2.30. The normalized spacial score (nSPS) is 13.1. The van der Waals surface area contributed by atoms with Crippen LogP contribution in [-0.2, 0) is 27.7 Å². The van der Waals surface area contributed by atoms with E-state index in [1.54, 1.807) is 23.1 Å². The Hall–Kier alpha value is -2.58. The Kier molecular flexibility index (Phi) is 9.09.